The molecule has 0 bridgehead atoms. The van der Waals surface area contributed by atoms with Crippen molar-refractivity contribution in [1.82, 2.24) is 9.62 Å². The van der Waals surface area contributed by atoms with Crippen LogP contribution >= 0.6 is 11.6 Å². The maximum atomic E-state index is 12.7. The first kappa shape index (κ1) is 18.2. The second-order valence-electron chi connectivity index (χ2n) is 6.17. The van der Waals surface area contributed by atoms with Crippen molar-refractivity contribution >= 4 is 27.5 Å². The first-order valence-corrected chi connectivity index (χ1v) is 9.68. The summed E-state index contributed by atoms with van der Waals surface area (Å²) in [5.41, 5.74) is 0. The van der Waals surface area contributed by atoms with E-state index in [1.807, 2.05) is 13.8 Å². The fourth-order valence-electron chi connectivity index (χ4n) is 3.04. The van der Waals surface area contributed by atoms with Gasteiger partial charge in [0, 0.05) is 17.1 Å². The molecule has 7 heteroatoms. The molecule has 2 rings (SSSR count). The lowest BCUT2D eigenvalue weighted by Crippen LogP contribution is -2.54. The highest BCUT2D eigenvalue weighted by molar-refractivity contribution is 7.89. The Balaban J connectivity index is 2.12. The van der Waals surface area contributed by atoms with Crippen LogP contribution in [0, 0.1) is 0 Å². The van der Waals surface area contributed by atoms with E-state index >= 15 is 0 Å². The zero-order valence-electron chi connectivity index (χ0n) is 13.6. The van der Waals surface area contributed by atoms with Gasteiger partial charge in [0.2, 0.25) is 15.9 Å². The molecule has 23 heavy (non-hydrogen) atoms. The van der Waals surface area contributed by atoms with Gasteiger partial charge in [0.1, 0.15) is 0 Å². The van der Waals surface area contributed by atoms with E-state index in [4.69, 9.17) is 11.6 Å². The van der Waals surface area contributed by atoms with Gasteiger partial charge in [-0.05, 0) is 64.3 Å². The Morgan fingerprint density at radius 1 is 1.22 bits per heavy atom. The minimum absolute atomic E-state index is 0.0984. The Hall–Kier alpha value is -1.11. The molecular formula is C16H23ClN2O3S. The summed E-state index contributed by atoms with van der Waals surface area (Å²) in [5, 5.41) is 0.462. The number of nitrogens with zero attached hydrogens (tertiary/aromatic N) is 1. The smallest absolute Gasteiger partial charge is 0.241 e. The maximum absolute atomic E-state index is 12.7. The highest BCUT2D eigenvalue weighted by atomic mass is 35.5. The van der Waals surface area contributed by atoms with Gasteiger partial charge in [-0.3, -0.25) is 4.79 Å². The summed E-state index contributed by atoms with van der Waals surface area (Å²) < 4.78 is 27.2. The number of nitrogens with one attached hydrogen (secondary N) is 1. The Bertz CT molecular complexity index is 650. The molecule has 1 N–H and O–H groups in total. The lowest BCUT2D eigenvalue weighted by Gasteiger charge is -2.40. The van der Waals surface area contributed by atoms with Gasteiger partial charge in [0.05, 0.1) is 10.9 Å². The van der Waals surface area contributed by atoms with Crippen LogP contribution < -0.4 is 4.72 Å². The highest BCUT2D eigenvalue weighted by Gasteiger charge is 2.33. The van der Waals surface area contributed by atoms with E-state index in [-0.39, 0.29) is 22.9 Å². The molecule has 0 aliphatic carbocycles. The number of halogens is 1. The number of hydrogen-bond donors (Lipinski definition) is 1. The van der Waals surface area contributed by atoms with Crippen molar-refractivity contribution in [3.8, 4) is 0 Å². The van der Waals surface area contributed by atoms with Crippen LogP contribution in [0.1, 0.15) is 40.0 Å². The van der Waals surface area contributed by atoms with Gasteiger partial charge in [0.15, 0.2) is 0 Å². The number of piperidine rings is 1. The molecule has 0 spiro atoms. The Morgan fingerprint density at radius 3 is 2.26 bits per heavy atom. The van der Waals surface area contributed by atoms with E-state index < -0.39 is 16.1 Å². The molecule has 0 saturated carbocycles. The van der Waals surface area contributed by atoms with Crippen LogP contribution in [0.25, 0.3) is 0 Å². The molecule has 5 nitrogen and oxygen atoms in total. The standard InChI is InChI=1S/C16H23ClN2O3S/c1-11-5-4-6-12(2)19(11)16(20)13(3)18-23(21,22)15-9-7-14(17)8-10-15/h7-13,18H,4-6H2,1-3H3. The monoisotopic (exact) mass is 358 g/mol. The van der Waals surface area contributed by atoms with Crippen LogP contribution in [0.15, 0.2) is 29.2 Å². The van der Waals surface area contributed by atoms with Crippen LogP contribution in [-0.4, -0.2) is 37.4 Å². The molecule has 1 amide bonds. The van der Waals surface area contributed by atoms with E-state index in [1.165, 1.54) is 24.3 Å². The van der Waals surface area contributed by atoms with Crippen molar-refractivity contribution in [2.45, 2.75) is 63.1 Å². The molecular weight excluding hydrogens is 336 g/mol. The van der Waals surface area contributed by atoms with Gasteiger partial charge in [-0.1, -0.05) is 11.6 Å². The SMILES string of the molecule is CC(NS(=O)(=O)c1ccc(Cl)cc1)C(=O)N1C(C)CCCC1C. The highest BCUT2D eigenvalue weighted by Crippen LogP contribution is 2.23. The molecule has 0 aromatic heterocycles. The van der Waals surface area contributed by atoms with Crippen LogP contribution in [-0.2, 0) is 14.8 Å². The Kier molecular flexibility index (Phi) is 5.70. The van der Waals surface area contributed by atoms with Crippen LogP contribution in [0.5, 0.6) is 0 Å². The molecule has 3 unspecified atom stereocenters. The number of sulfonamides is 1. The molecule has 1 aliphatic rings. The van der Waals surface area contributed by atoms with Crippen LogP contribution in [0.3, 0.4) is 0 Å². The molecule has 3 atom stereocenters. The van der Waals surface area contributed by atoms with Crippen molar-refractivity contribution in [3.05, 3.63) is 29.3 Å². The second kappa shape index (κ2) is 7.20. The molecule has 128 valence electrons. The van der Waals surface area contributed by atoms with E-state index in [1.54, 1.807) is 11.8 Å². The quantitative estimate of drug-likeness (QED) is 0.899. The summed E-state index contributed by atoms with van der Waals surface area (Å²) in [7, 11) is -3.75. The molecule has 1 saturated heterocycles. The van der Waals surface area contributed by atoms with E-state index in [2.05, 4.69) is 4.72 Å². The number of likely N-dealkylation sites (tertiary alicyclic amines) is 1. The van der Waals surface area contributed by atoms with E-state index in [0.29, 0.717) is 5.02 Å². The number of carbonyl (C=O) groups excluding carboxylic acids is 1. The van der Waals surface area contributed by atoms with Gasteiger partial charge in [-0.25, -0.2) is 8.42 Å². The molecule has 0 radical (unpaired) electrons. The van der Waals surface area contributed by atoms with E-state index in [9.17, 15) is 13.2 Å². The summed E-state index contributed by atoms with van der Waals surface area (Å²) in [6.45, 7) is 5.60. The fraction of sp³-hybridized carbons (Fsp3) is 0.562. The summed E-state index contributed by atoms with van der Waals surface area (Å²) in [6.07, 6.45) is 3.00. The summed E-state index contributed by atoms with van der Waals surface area (Å²) in [5.74, 6) is -0.178. The summed E-state index contributed by atoms with van der Waals surface area (Å²) >= 11 is 5.78. The average Bonchev–Trinajstić information content (AvgIpc) is 2.46. The third-order valence-electron chi connectivity index (χ3n) is 4.27. The van der Waals surface area contributed by atoms with Gasteiger partial charge < -0.3 is 4.90 Å². The lowest BCUT2D eigenvalue weighted by molar-refractivity contribution is -0.138. The molecule has 1 heterocycles. The largest absolute Gasteiger partial charge is 0.336 e. The first-order chi connectivity index (χ1) is 10.7. The van der Waals surface area contributed by atoms with Crippen molar-refractivity contribution < 1.29 is 13.2 Å². The van der Waals surface area contributed by atoms with Crippen LogP contribution in [0.2, 0.25) is 5.02 Å². The third kappa shape index (κ3) is 4.25. The van der Waals surface area contributed by atoms with Crippen LogP contribution in [0.4, 0.5) is 0 Å². The van der Waals surface area contributed by atoms with Crippen molar-refractivity contribution in [3.63, 3.8) is 0 Å². The average molecular weight is 359 g/mol. The zero-order chi connectivity index (χ0) is 17.2. The normalized spacial score (nSPS) is 23.6. The third-order valence-corrected chi connectivity index (χ3v) is 6.08. The van der Waals surface area contributed by atoms with Gasteiger partial charge in [0.25, 0.3) is 0 Å². The van der Waals surface area contributed by atoms with Crippen molar-refractivity contribution in [1.29, 1.82) is 0 Å². The number of hydrogen-bond acceptors (Lipinski definition) is 3. The second-order valence-corrected chi connectivity index (χ2v) is 8.32. The minimum atomic E-state index is -3.75. The lowest BCUT2D eigenvalue weighted by atomic mass is 9.97. The Labute approximate surface area is 143 Å². The fourth-order valence-corrected chi connectivity index (χ4v) is 4.37. The Morgan fingerprint density at radius 2 is 1.74 bits per heavy atom. The predicted octanol–water partition coefficient (Wildman–Crippen LogP) is 2.80. The number of amides is 1. The minimum Gasteiger partial charge on any atom is -0.336 e. The first-order valence-electron chi connectivity index (χ1n) is 7.82. The van der Waals surface area contributed by atoms with Gasteiger partial charge in [-0.15, -0.1) is 0 Å². The van der Waals surface area contributed by atoms with Gasteiger partial charge in [-0.2, -0.15) is 4.72 Å². The van der Waals surface area contributed by atoms with Crippen molar-refractivity contribution in [2.24, 2.45) is 0 Å². The molecule has 1 aromatic rings. The number of carbonyl (C=O) groups is 1. The predicted molar refractivity (Wildman–Crippen MR) is 90.9 cm³/mol. The maximum Gasteiger partial charge on any atom is 0.241 e. The summed E-state index contributed by atoms with van der Waals surface area (Å²) in [6, 6.07) is 5.33. The molecule has 1 aromatic carbocycles. The zero-order valence-corrected chi connectivity index (χ0v) is 15.2. The number of benzene rings is 1. The molecule has 1 fully saturated rings. The van der Waals surface area contributed by atoms with E-state index in [0.717, 1.165) is 19.3 Å². The topological polar surface area (TPSA) is 66.5 Å². The molecule has 1 aliphatic heterocycles. The van der Waals surface area contributed by atoms with Crippen molar-refractivity contribution in [2.75, 3.05) is 0 Å². The number of rotatable bonds is 4. The van der Waals surface area contributed by atoms with Gasteiger partial charge >= 0.3 is 0 Å². The summed E-state index contributed by atoms with van der Waals surface area (Å²) in [4.78, 5) is 14.6.